The van der Waals surface area contributed by atoms with Crippen LogP contribution in [0.15, 0.2) is 11.6 Å². The van der Waals surface area contributed by atoms with Crippen molar-refractivity contribution >= 4 is 14.3 Å². The minimum atomic E-state index is -1.80. The molecule has 0 saturated heterocycles. The van der Waals surface area contributed by atoms with E-state index in [9.17, 15) is 15.0 Å². The smallest absolute Gasteiger partial charge is 0.331 e. The topological polar surface area (TPSA) is 76.0 Å². The second kappa shape index (κ2) is 8.15. The van der Waals surface area contributed by atoms with Crippen LogP contribution >= 0.6 is 0 Å². The van der Waals surface area contributed by atoms with Gasteiger partial charge in [-0.1, -0.05) is 34.6 Å². The highest BCUT2D eigenvalue weighted by Crippen LogP contribution is 2.70. The van der Waals surface area contributed by atoms with Crippen molar-refractivity contribution in [1.29, 1.82) is 0 Å². The summed E-state index contributed by atoms with van der Waals surface area (Å²) >= 11 is 0. The minimum Gasteiger partial charge on any atom is -0.458 e. The molecule has 1 aliphatic heterocycles. The van der Waals surface area contributed by atoms with E-state index in [2.05, 4.69) is 47.7 Å². The predicted molar refractivity (Wildman–Crippen MR) is 139 cm³/mol. The Morgan fingerprint density at radius 3 is 2.40 bits per heavy atom. The summed E-state index contributed by atoms with van der Waals surface area (Å²) in [6.45, 7) is 16.5. The van der Waals surface area contributed by atoms with E-state index >= 15 is 0 Å². The van der Waals surface area contributed by atoms with E-state index in [1.807, 2.05) is 0 Å². The van der Waals surface area contributed by atoms with Crippen molar-refractivity contribution in [3.63, 3.8) is 0 Å². The van der Waals surface area contributed by atoms with E-state index in [0.29, 0.717) is 31.0 Å². The third-order valence-corrected chi connectivity index (χ3v) is 16.8. The summed E-state index contributed by atoms with van der Waals surface area (Å²) in [4.78, 5) is 11.8. The van der Waals surface area contributed by atoms with E-state index in [-0.39, 0.29) is 28.3 Å². The summed E-state index contributed by atoms with van der Waals surface area (Å²) in [5, 5.41) is 24.3. The third-order valence-electron chi connectivity index (χ3n) is 12.3. The van der Waals surface area contributed by atoms with E-state index in [0.717, 1.165) is 50.5 Å². The first-order valence-corrected chi connectivity index (χ1v) is 17.0. The number of carbonyl (C=O) groups is 1. The largest absolute Gasteiger partial charge is 0.458 e. The van der Waals surface area contributed by atoms with Gasteiger partial charge in [-0.2, -0.15) is 0 Å². The summed E-state index contributed by atoms with van der Waals surface area (Å²) in [6, 6.07) is 0. The molecule has 0 amide bonds. The van der Waals surface area contributed by atoms with Gasteiger partial charge in [-0.25, -0.2) is 4.79 Å². The number of hydrogen-bond donors (Lipinski definition) is 2. The predicted octanol–water partition coefficient (Wildman–Crippen LogP) is 5.60. The van der Waals surface area contributed by atoms with E-state index in [4.69, 9.17) is 9.16 Å². The van der Waals surface area contributed by atoms with Crippen molar-refractivity contribution in [3.8, 4) is 0 Å². The maximum absolute atomic E-state index is 12.4. The monoisotopic (exact) mass is 504 g/mol. The van der Waals surface area contributed by atoms with Crippen LogP contribution in [-0.2, 0) is 14.0 Å². The molecule has 0 unspecified atom stereocenters. The van der Waals surface area contributed by atoms with Gasteiger partial charge < -0.3 is 19.4 Å². The van der Waals surface area contributed by atoms with Gasteiger partial charge in [0.15, 0.2) is 8.32 Å². The molecule has 0 spiro atoms. The number of fused-ring (bicyclic) bond motifs is 5. The minimum absolute atomic E-state index is 0.00848. The zero-order valence-electron chi connectivity index (χ0n) is 23.0. The highest BCUT2D eigenvalue weighted by molar-refractivity contribution is 6.74. The van der Waals surface area contributed by atoms with Crippen LogP contribution in [0.3, 0.4) is 0 Å². The van der Waals surface area contributed by atoms with Crippen molar-refractivity contribution in [3.05, 3.63) is 11.6 Å². The highest BCUT2D eigenvalue weighted by atomic mass is 28.4. The van der Waals surface area contributed by atoms with E-state index in [1.54, 1.807) is 6.08 Å². The lowest BCUT2D eigenvalue weighted by Crippen LogP contribution is -2.67. The SMILES string of the molecule is CC(C)(C)[Si](C)(C)O[C@H]1CC[C@@]2(C)[C@H](CC[C@@H]3[C@@H]2C[C@@H](O)[C@]2(C)[C@H](C4=CC(=O)OC4)CC[C@@]32O)C1. The normalized spacial score (nSPS) is 48.0. The molecule has 0 radical (unpaired) electrons. The van der Waals surface area contributed by atoms with Gasteiger partial charge >= 0.3 is 5.97 Å². The maximum Gasteiger partial charge on any atom is 0.331 e. The summed E-state index contributed by atoms with van der Waals surface area (Å²) in [6.07, 6.45) is 9.14. The number of esters is 1. The second-order valence-electron chi connectivity index (χ2n) is 14.6. The first-order chi connectivity index (χ1) is 16.1. The van der Waals surface area contributed by atoms with E-state index < -0.39 is 25.4 Å². The Balaban J connectivity index is 1.38. The van der Waals surface area contributed by atoms with Crippen LogP contribution in [0.25, 0.3) is 0 Å². The molecule has 4 saturated carbocycles. The summed E-state index contributed by atoms with van der Waals surface area (Å²) in [5.41, 5.74) is -0.415. The number of aliphatic hydroxyl groups excluding tert-OH is 1. The van der Waals surface area contributed by atoms with Gasteiger partial charge in [-0.05, 0) is 104 Å². The zero-order valence-corrected chi connectivity index (χ0v) is 24.0. The van der Waals surface area contributed by atoms with Crippen molar-refractivity contribution in [2.75, 3.05) is 6.61 Å². The Morgan fingerprint density at radius 1 is 1.06 bits per heavy atom. The van der Waals surface area contributed by atoms with Gasteiger partial charge in [0.25, 0.3) is 0 Å². The summed E-state index contributed by atoms with van der Waals surface area (Å²) in [7, 11) is -1.80. The number of hydrogen-bond acceptors (Lipinski definition) is 5. The second-order valence-corrected chi connectivity index (χ2v) is 19.4. The Bertz CT molecular complexity index is 907. The van der Waals surface area contributed by atoms with Gasteiger partial charge in [0.1, 0.15) is 6.61 Å². The Morgan fingerprint density at radius 2 is 1.77 bits per heavy atom. The molecule has 9 atom stereocenters. The quantitative estimate of drug-likeness (QED) is 0.386. The fourth-order valence-corrected chi connectivity index (χ4v) is 10.5. The summed E-state index contributed by atoms with van der Waals surface area (Å²) in [5.74, 6) is 0.852. The van der Waals surface area contributed by atoms with Crippen molar-refractivity contribution < 1.29 is 24.2 Å². The standard InChI is InChI=1S/C29H48O5Si/c1-26(2,3)35(6,7)34-20-10-12-27(4)19(15-20)8-9-22-23(27)16-24(30)28(5)21(11-13-29(22,28)32)18-14-25(31)33-17-18/h14,19-24,30,32H,8-13,15-17H2,1-7H3/t19-,20+,21+,22-,23+,24-,27+,28+,29-/m1/s1. The molecule has 0 aromatic rings. The van der Waals surface area contributed by atoms with Crippen LogP contribution in [-0.4, -0.2) is 48.9 Å². The molecule has 0 aromatic heterocycles. The highest BCUT2D eigenvalue weighted by Gasteiger charge is 2.70. The average Bonchev–Trinajstić information content (AvgIpc) is 3.30. The molecule has 5 nitrogen and oxygen atoms in total. The van der Waals surface area contributed by atoms with E-state index in [1.165, 1.54) is 0 Å². The van der Waals surface area contributed by atoms with Crippen LogP contribution in [0.5, 0.6) is 0 Å². The van der Waals surface area contributed by atoms with Crippen LogP contribution < -0.4 is 0 Å². The molecular weight excluding hydrogens is 456 g/mol. The lowest BCUT2D eigenvalue weighted by atomic mass is 9.42. The molecule has 4 fully saturated rings. The first-order valence-electron chi connectivity index (χ1n) is 14.1. The number of carbonyl (C=O) groups excluding carboxylic acids is 1. The molecule has 35 heavy (non-hydrogen) atoms. The van der Waals surface area contributed by atoms with Gasteiger partial charge in [0.2, 0.25) is 0 Å². The molecule has 1 heterocycles. The molecule has 5 rings (SSSR count). The molecule has 0 aromatic carbocycles. The third kappa shape index (κ3) is 3.67. The number of ether oxygens (including phenoxy) is 1. The Hall–Kier alpha value is -0.693. The van der Waals surface area contributed by atoms with Crippen LogP contribution in [0.4, 0.5) is 0 Å². The zero-order chi connectivity index (χ0) is 25.6. The molecular formula is C29H48O5Si. The molecule has 2 N–H and O–H groups in total. The number of aliphatic hydroxyl groups is 2. The fourth-order valence-electron chi connectivity index (χ4n) is 9.05. The fraction of sp³-hybridized carbons (Fsp3) is 0.897. The van der Waals surface area contributed by atoms with Gasteiger partial charge in [0.05, 0.1) is 11.7 Å². The van der Waals surface area contributed by atoms with Crippen molar-refractivity contribution in [2.24, 2.45) is 34.5 Å². The molecule has 0 bridgehead atoms. The average molecular weight is 505 g/mol. The van der Waals surface area contributed by atoms with Crippen molar-refractivity contribution in [2.45, 2.75) is 122 Å². The van der Waals surface area contributed by atoms with Crippen LogP contribution in [0.2, 0.25) is 18.1 Å². The summed E-state index contributed by atoms with van der Waals surface area (Å²) < 4.78 is 12.1. The number of cyclic esters (lactones) is 1. The van der Waals surface area contributed by atoms with Gasteiger partial charge in [-0.15, -0.1) is 0 Å². The van der Waals surface area contributed by atoms with Crippen LogP contribution in [0, 0.1) is 34.5 Å². The first kappa shape index (κ1) is 25.9. The van der Waals surface area contributed by atoms with Gasteiger partial charge in [-0.3, -0.25) is 0 Å². The van der Waals surface area contributed by atoms with Gasteiger partial charge in [0, 0.05) is 17.6 Å². The lowest BCUT2D eigenvalue weighted by Gasteiger charge is -2.65. The van der Waals surface area contributed by atoms with Crippen molar-refractivity contribution in [1.82, 2.24) is 0 Å². The lowest BCUT2D eigenvalue weighted by molar-refractivity contribution is -0.244. The number of rotatable bonds is 3. The molecule has 4 aliphatic carbocycles. The molecule has 5 aliphatic rings. The molecule has 198 valence electrons. The van der Waals surface area contributed by atoms with Crippen LogP contribution in [0.1, 0.15) is 86.0 Å². The Labute approximate surface area is 213 Å². The maximum atomic E-state index is 12.4. The molecule has 6 heteroatoms. The Kier molecular flexibility index (Phi) is 6.04.